The van der Waals surface area contributed by atoms with E-state index in [0.29, 0.717) is 39.0 Å². The quantitative estimate of drug-likeness (QED) is 0.720. The van der Waals surface area contributed by atoms with Gasteiger partial charge in [-0.3, -0.25) is 9.59 Å². The van der Waals surface area contributed by atoms with Crippen LogP contribution >= 0.6 is 0 Å². The number of nitrogens with zero attached hydrogens (tertiary/aromatic N) is 1. The van der Waals surface area contributed by atoms with Gasteiger partial charge < -0.3 is 14.4 Å². The first kappa shape index (κ1) is 19.9. The SMILES string of the molecule is COc1ccc(CCOC(=O)C2(c3ccccc3)CCN(C(C)=O)CC2)cc1. The van der Waals surface area contributed by atoms with E-state index in [1.807, 2.05) is 54.6 Å². The van der Waals surface area contributed by atoms with Gasteiger partial charge in [-0.05, 0) is 36.1 Å². The molecule has 1 amide bonds. The van der Waals surface area contributed by atoms with Gasteiger partial charge in [0.1, 0.15) is 5.75 Å². The first-order chi connectivity index (χ1) is 13.5. The Morgan fingerprint density at radius 1 is 1.00 bits per heavy atom. The summed E-state index contributed by atoms with van der Waals surface area (Å²) in [7, 11) is 1.64. The summed E-state index contributed by atoms with van der Waals surface area (Å²) >= 11 is 0. The number of ether oxygens (including phenoxy) is 2. The number of carbonyl (C=O) groups is 2. The number of rotatable bonds is 6. The number of esters is 1. The molecule has 0 bridgehead atoms. The first-order valence-electron chi connectivity index (χ1n) is 9.66. The van der Waals surface area contributed by atoms with Crippen molar-refractivity contribution in [2.75, 3.05) is 26.8 Å². The summed E-state index contributed by atoms with van der Waals surface area (Å²) in [6.45, 7) is 3.04. The number of hydrogen-bond acceptors (Lipinski definition) is 4. The lowest BCUT2D eigenvalue weighted by atomic mass is 9.72. The molecule has 1 aliphatic heterocycles. The Morgan fingerprint density at radius 2 is 1.64 bits per heavy atom. The van der Waals surface area contributed by atoms with Gasteiger partial charge in [0.25, 0.3) is 0 Å². The maximum atomic E-state index is 13.1. The molecule has 0 atom stereocenters. The number of likely N-dealkylation sites (tertiary alicyclic amines) is 1. The molecular weight excluding hydrogens is 354 g/mol. The van der Waals surface area contributed by atoms with Crippen LogP contribution in [0, 0.1) is 0 Å². The summed E-state index contributed by atoms with van der Waals surface area (Å²) in [5.41, 5.74) is 1.37. The van der Waals surface area contributed by atoms with Crippen LogP contribution in [0.3, 0.4) is 0 Å². The van der Waals surface area contributed by atoms with Crippen molar-refractivity contribution in [1.29, 1.82) is 0 Å². The number of benzene rings is 2. The summed E-state index contributed by atoms with van der Waals surface area (Å²) < 4.78 is 10.9. The van der Waals surface area contributed by atoms with Gasteiger partial charge in [0.15, 0.2) is 0 Å². The predicted molar refractivity (Wildman–Crippen MR) is 107 cm³/mol. The van der Waals surface area contributed by atoms with Gasteiger partial charge in [-0.25, -0.2) is 0 Å². The fourth-order valence-electron chi connectivity index (χ4n) is 3.76. The van der Waals surface area contributed by atoms with Gasteiger partial charge in [-0.2, -0.15) is 0 Å². The van der Waals surface area contributed by atoms with Crippen LogP contribution in [0.4, 0.5) is 0 Å². The topological polar surface area (TPSA) is 55.8 Å². The van der Waals surface area contributed by atoms with E-state index >= 15 is 0 Å². The van der Waals surface area contributed by atoms with Gasteiger partial charge in [0.05, 0.1) is 19.1 Å². The summed E-state index contributed by atoms with van der Waals surface area (Å²) in [5, 5.41) is 0. The maximum Gasteiger partial charge on any atom is 0.316 e. The van der Waals surface area contributed by atoms with Gasteiger partial charge >= 0.3 is 5.97 Å². The van der Waals surface area contributed by atoms with E-state index in [0.717, 1.165) is 16.9 Å². The Balaban J connectivity index is 1.68. The third-order valence-corrected chi connectivity index (χ3v) is 5.56. The van der Waals surface area contributed by atoms with E-state index in [-0.39, 0.29) is 11.9 Å². The van der Waals surface area contributed by atoms with Crippen LogP contribution in [-0.2, 0) is 26.2 Å². The molecule has 2 aromatic rings. The lowest BCUT2D eigenvalue weighted by molar-refractivity contribution is -0.154. The minimum atomic E-state index is -0.687. The van der Waals surface area contributed by atoms with E-state index in [2.05, 4.69) is 0 Å². The number of methoxy groups -OCH3 is 1. The van der Waals surface area contributed by atoms with Crippen molar-refractivity contribution in [2.24, 2.45) is 0 Å². The molecule has 0 N–H and O–H groups in total. The molecule has 3 rings (SSSR count). The lowest BCUT2D eigenvalue weighted by Crippen LogP contribution is -2.49. The Morgan fingerprint density at radius 3 is 2.21 bits per heavy atom. The number of amides is 1. The first-order valence-corrected chi connectivity index (χ1v) is 9.66. The molecule has 28 heavy (non-hydrogen) atoms. The number of hydrogen-bond donors (Lipinski definition) is 0. The molecule has 5 nitrogen and oxygen atoms in total. The molecule has 2 aromatic carbocycles. The predicted octanol–water partition coefficient (Wildman–Crippen LogP) is 3.36. The van der Waals surface area contributed by atoms with Crippen molar-refractivity contribution in [3.63, 3.8) is 0 Å². The summed E-state index contributed by atoms with van der Waals surface area (Å²) in [5.74, 6) is 0.658. The second-order valence-electron chi connectivity index (χ2n) is 7.19. The monoisotopic (exact) mass is 381 g/mol. The fraction of sp³-hybridized carbons (Fsp3) is 0.391. The third-order valence-electron chi connectivity index (χ3n) is 5.56. The molecule has 0 spiro atoms. The molecule has 0 unspecified atom stereocenters. The summed E-state index contributed by atoms with van der Waals surface area (Å²) in [6.07, 6.45) is 1.82. The second kappa shape index (κ2) is 8.91. The fourth-order valence-corrected chi connectivity index (χ4v) is 3.76. The molecule has 1 aliphatic rings. The molecular formula is C23H27NO4. The highest BCUT2D eigenvalue weighted by Gasteiger charge is 2.44. The van der Waals surface area contributed by atoms with E-state index in [1.54, 1.807) is 18.9 Å². The zero-order chi connectivity index (χ0) is 20.0. The van der Waals surface area contributed by atoms with Gasteiger partial charge in [0, 0.05) is 26.4 Å². The average molecular weight is 381 g/mol. The van der Waals surface area contributed by atoms with Crippen LogP contribution in [0.15, 0.2) is 54.6 Å². The molecule has 5 heteroatoms. The van der Waals surface area contributed by atoms with Crippen LogP contribution in [0.2, 0.25) is 0 Å². The maximum absolute atomic E-state index is 13.1. The van der Waals surface area contributed by atoms with Crippen molar-refractivity contribution < 1.29 is 19.1 Å². The molecule has 1 saturated heterocycles. The Bertz CT molecular complexity index is 793. The molecule has 0 aliphatic carbocycles. The smallest absolute Gasteiger partial charge is 0.316 e. The molecule has 148 valence electrons. The largest absolute Gasteiger partial charge is 0.497 e. The summed E-state index contributed by atoms with van der Waals surface area (Å²) in [4.78, 5) is 26.6. The van der Waals surface area contributed by atoms with Crippen LogP contribution in [0.25, 0.3) is 0 Å². The van der Waals surface area contributed by atoms with Gasteiger partial charge in [-0.1, -0.05) is 42.5 Å². The van der Waals surface area contributed by atoms with Crippen LogP contribution in [0.1, 0.15) is 30.9 Å². The minimum absolute atomic E-state index is 0.0505. The van der Waals surface area contributed by atoms with Gasteiger partial charge in [0.2, 0.25) is 5.91 Å². The van der Waals surface area contributed by atoms with E-state index < -0.39 is 5.41 Å². The van der Waals surface area contributed by atoms with Crippen molar-refractivity contribution >= 4 is 11.9 Å². The van der Waals surface area contributed by atoms with Gasteiger partial charge in [-0.15, -0.1) is 0 Å². The van der Waals surface area contributed by atoms with Crippen molar-refractivity contribution in [1.82, 2.24) is 4.90 Å². The van der Waals surface area contributed by atoms with E-state index in [1.165, 1.54) is 0 Å². The Labute approximate surface area is 166 Å². The zero-order valence-corrected chi connectivity index (χ0v) is 16.5. The molecule has 0 aromatic heterocycles. The minimum Gasteiger partial charge on any atom is -0.497 e. The van der Waals surface area contributed by atoms with Crippen molar-refractivity contribution in [3.05, 3.63) is 65.7 Å². The number of piperidine rings is 1. The van der Waals surface area contributed by atoms with Crippen LogP contribution < -0.4 is 4.74 Å². The molecule has 1 heterocycles. The third kappa shape index (κ3) is 4.35. The molecule has 0 radical (unpaired) electrons. The number of carbonyl (C=O) groups excluding carboxylic acids is 2. The molecule has 1 fully saturated rings. The van der Waals surface area contributed by atoms with Crippen molar-refractivity contribution in [2.45, 2.75) is 31.6 Å². The summed E-state index contributed by atoms with van der Waals surface area (Å²) in [6, 6.07) is 17.5. The molecule has 0 saturated carbocycles. The van der Waals surface area contributed by atoms with E-state index in [9.17, 15) is 9.59 Å². The highest BCUT2D eigenvalue weighted by atomic mass is 16.5. The Kier molecular flexibility index (Phi) is 6.34. The zero-order valence-electron chi connectivity index (χ0n) is 16.5. The highest BCUT2D eigenvalue weighted by molar-refractivity contribution is 5.84. The lowest BCUT2D eigenvalue weighted by Gasteiger charge is -2.40. The normalized spacial score (nSPS) is 15.7. The standard InChI is InChI=1S/C23H27NO4/c1-18(25)24-15-13-23(14-16-24,20-6-4-3-5-7-20)22(26)28-17-12-19-8-10-21(27-2)11-9-19/h3-11H,12-17H2,1-2H3. The Hall–Kier alpha value is -2.82. The van der Waals surface area contributed by atoms with E-state index in [4.69, 9.17) is 9.47 Å². The average Bonchev–Trinajstić information content (AvgIpc) is 2.74. The highest BCUT2D eigenvalue weighted by Crippen LogP contribution is 2.37. The second-order valence-corrected chi connectivity index (χ2v) is 7.19. The van der Waals surface area contributed by atoms with Crippen LogP contribution in [0.5, 0.6) is 5.75 Å². The van der Waals surface area contributed by atoms with Crippen LogP contribution in [-0.4, -0.2) is 43.6 Å². The van der Waals surface area contributed by atoms with Crippen molar-refractivity contribution in [3.8, 4) is 5.75 Å².